The lowest BCUT2D eigenvalue weighted by Gasteiger charge is -2.20. The van der Waals surface area contributed by atoms with E-state index in [-0.39, 0.29) is 0 Å². The van der Waals surface area contributed by atoms with Crippen LogP contribution in [0.15, 0.2) is 12.3 Å². The van der Waals surface area contributed by atoms with E-state index in [9.17, 15) is 0 Å². The number of rotatable bonds is 8. The van der Waals surface area contributed by atoms with Crippen molar-refractivity contribution in [3.8, 4) is 0 Å². The SMILES string of the molecule is CCC(C)n1ccc(CC2CCCC2CNCC(C)C)n1. The van der Waals surface area contributed by atoms with E-state index < -0.39 is 0 Å². The molecule has 0 radical (unpaired) electrons. The van der Waals surface area contributed by atoms with Crippen molar-refractivity contribution < 1.29 is 0 Å². The molecular formula is C18H33N3. The van der Waals surface area contributed by atoms with Gasteiger partial charge in [-0.2, -0.15) is 5.10 Å². The molecule has 1 heterocycles. The normalized spacial score (nSPS) is 23.9. The van der Waals surface area contributed by atoms with E-state index in [0.717, 1.165) is 37.1 Å². The van der Waals surface area contributed by atoms with Crippen LogP contribution in [0.2, 0.25) is 0 Å². The summed E-state index contributed by atoms with van der Waals surface area (Å²) in [6.45, 7) is 11.4. The third-order valence-corrected chi connectivity index (χ3v) is 4.95. The van der Waals surface area contributed by atoms with E-state index in [1.165, 1.54) is 31.5 Å². The third-order valence-electron chi connectivity index (χ3n) is 4.95. The molecule has 3 atom stereocenters. The van der Waals surface area contributed by atoms with Gasteiger partial charge in [0.15, 0.2) is 0 Å². The lowest BCUT2D eigenvalue weighted by Crippen LogP contribution is -2.29. The standard InChI is InChI=1S/C18H33N3/c1-5-15(4)21-10-9-18(20-21)11-16-7-6-8-17(16)13-19-12-14(2)3/h9-10,14-17,19H,5-8,11-13H2,1-4H3. The molecule has 3 nitrogen and oxygen atoms in total. The quantitative estimate of drug-likeness (QED) is 0.783. The lowest BCUT2D eigenvalue weighted by atomic mass is 9.91. The molecule has 0 amide bonds. The summed E-state index contributed by atoms with van der Waals surface area (Å²) in [7, 11) is 0. The average molecular weight is 291 g/mol. The van der Waals surface area contributed by atoms with E-state index in [4.69, 9.17) is 5.10 Å². The van der Waals surface area contributed by atoms with Crippen molar-refractivity contribution in [2.75, 3.05) is 13.1 Å². The Labute approximate surface area is 130 Å². The van der Waals surface area contributed by atoms with Crippen molar-refractivity contribution in [3.63, 3.8) is 0 Å². The van der Waals surface area contributed by atoms with Crippen LogP contribution in [0.5, 0.6) is 0 Å². The number of nitrogens with zero attached hydrogens (tertiary/aromatic N) is 2. The van der Waals surface area contributed by atoms with Crippen LogP contribution in [0.25, 0.3) is 0 Å². The Balaban J connectivity index is 1.84. The Morgan fingerprint density at radius 3 is 2.76 bits per heavy atom. The zero-order valence-electron chi connectivity index (χ0n) is 14.3. The van der Waals surface area contributed by atoms with Crippen molar-refractivity contribution in [3.05, 3.63) is 18.0 Å². The first-order valence-corrected chi connectivity index (χ1v) is 8.84. The maximum atomic E-state index is 4.78. The molecule has 1 aliphatic rings. The monoisotopic (exact) mass is 291 g/mol. The predicted octanol–water partition coefficient (Wildman–Crippen LogP) is 4.06. The Morgan fingerprint density at radius 1 is 1.29 bits per heavy atom. The Hall–Kier alpha value is -0.830. The first-order chi connectivity index (χ1) is 10.1. The summed E-state index contributed by atoms with van der Waals surface area (Å²) in [6.07, 6.45) is 8.63. The first-order valence-electron chi connectivity index (χ1n) is 8.84. The highest BCUT2D eigenvalue weighted by Gasteiger charge is 2.27. The van der Waals surface area contributed by atoms with Crippen molar-refractivity contribution in [1.29, 1.82) is 0 Å². The highest BCUT2D eigenvalue weighted by molar-refractivity contribution is 5.02. The fraction of sp³-hybridized carbons (Fsp3) is 0.833. The second-order valence-corrected chi connectivity index (χ2v) is 7.25. The number of hydrogen-bond acceptors (Lipinski definition) is 2. The Kier molecular flexibility index (Phi) is 6.28. The number of nitrogens with one attached hydrogen (secondary N) is 1. The molecule has 1 fully saturated rings. The molecular weight excluding hydrogens is 258 g/mol. The zero-order valence-corrected chi connectivity index (χ0v) is 14.3. The van der Waals surface area contributed by atoms with Gasteiger partial charge in [-0.25, -0.2) is 0 Å². The molecule has 0 aliphatic heterocycles. The van der Waals surface area contributed by atoms with Gasteiger partial charge in [0.25, 0.3) is 0 Å². The largest absolute Gasteiger partial charge is 0.316 e. The van der Waals surface area contributed by atoms with Crippen LogP contribution in [-0.4, -0.2) is 22.9 Å². The fourth-order valence-corrected chi connectivity index (χ4v) is 3.40. The van der Waals surface area contributed by atoms with Crippen LogP contribution in [0.3, 0.4) is 0 Å². The summed E-state index contributed by atoms with van der Waals surface area (Å²) in [5.74, 6) is 2.42. The predicted molar refractivity (Wildman–Crippen MR) is 89.5 cm³/mol. The van der Waals surface area contributed by atoms with Gasteiger partial charge in [-0.1, -0.05) is 27.2 Å². The molecule has 1 saturated carbocycles. The Bertz CT molecular complexity index is 410. The number of aromatic nitrogens is 2. The summed E-state index contributed by atoms with van der Waals surface area (Å²) in [5, 5.41) is 8.43. The molecule has 0 aromatic carbocycles. The van der Waals surface area contributed by atoms with Crippen LogP contribution in [0, 0.1) is 17.8 Å². The molecule has 0 spiro atoms. The van der Waals surface area contributed by atoms with Crippen LogP contribution in [0.4, 0.5) is 0 Å². The third kappa shape index (κ3) is 4.84. The second kappa shape index (κ2) is 7.98. The highest BCUT2D eigenvalue weighted by Crippen LogP contribution is 2.33. The van der Waals surface area contributed by atoms with Gasteiger partial charge < -0.3 is 5.32 Å². The van der Waals surface area contributed by atoms with Gasteiger partial charge in [0.2, 0.25) is 0 Å². The van der Waals surface area contributed by atoms with E-state index in [2.05, 4.69) is 50.0 Å². The summed E-state index contributed by atoms with van der Waals surface area (Å²) >= 11 is 0. The molecule has 0 saturated heterocycles. The van der Waals surface area contributed by atoms with Gasteiger partial charge in [0, 0.05) is 12.2 Å². The first kappa shape index (κ1) is 16.5. The average Bonchev–Trinajstić information content (AvgIpc) is 3.08. The molecule has 1 aromatic rings. The topological polar surface area (TPSA) is 29.9 Å². The fourth-order valence-electron chi connectivity index (χ4n) is 3.40. The van der Waals surface area contributed by atoms with Gasteiger partial charge in [-0.15, -0.1) is 0 Å². The molecule has 1 aliphatic carbocycles. The van der Waals surface area contributed by atoms with Crippen molar-refractivity contribution in [2.45, 2.75) is 65.8 Å². The molecule has 1 N–H and O–H groups in total. The van der Waals surface area contributed by atoms with Crippen molar-refractivity contribution in [2.24, 2.45) is 17.8 Å². The summed E-state index contributed by atoms with van der Waals surface area (Å²) in [5.41, 5.74) is 1.29. The van der Waals surface area contributed by atoms with Gasteiger partial charge in [-0.05, 0) is 69.5 Å². The lowest BCUT2D eigenvalue weighted by molar-refractivity contribution is 0.353. The van der Waals surface area contributed by atoms with E-state index in [1.54, 1.807) is 0 Å². The summed E-state index contributed by atoms with van der Waals surface area (Å²) < 4.78 is 2.14. The smallest absolute Gasteiger partial charge is 0.0627 e. The minimum absolute atomic E-state index is 0.519. The van der Waals surface area contributed by atoms with E-state index in [0.29, 0.717) is 6.04 Å². The minimum Gasteiger partial charge on any atom is -0.316 e. The van der Waals surface area contributed by atoms with E-state index in [1.807, 2.05) is 0 Å². The van der Waals surface area contributed by atoms with Gasteiger partial charge >= 0.3 is 0 Å². The summed E-state index contributed by atoms with van der Waals surface area (Å²) in [6, 6.07) is 2.74. The second-order valence-electron chi connectivity index (χ2n) is 7.25. The van der Waals surface area contributed by atoms with E-state index >= 15 is 0 Å². The molecule has 120 valence electrons. The number of hydrogen-bond donors (Lipinski definition) is 1. The minimum atomic E-state index is 0.519. The van der Waals surface area contributed by atoms with Crippen molar-refractivity contribution in [1.82, 2.24) is 15.1 Å². The molecule has 3 unspecified atom stereocenters. The maximum absolute atomic E-state index is 4.78. The molecule has 3 heteroatoms. The maximum Gasteiger partial charge on any atom is 0.0627 e. The molecule has 0 bridgehead atoms. The molecule has 21 heavy (non-hydrogen) atoms. The molecule has 2 rings (SSSR count). The Morgan fingerprint density at radius 2 is 2.05 bits per heavy atom. The van der Waals surface area contributed by atoms with Crippen LogP contribution >= 0.6 is 0 Å². The van der Waals surface area contributed by atoms with Crippen LogP contribution < -0.4 is 5.32 Å². The van der Waals surface area contributed by atoms with Crippen molar-refractivity contribution >= 4 is 0 Å². The zero-order chi connectivity index (χ0) is 15.2. The van der Waals surface area contributed by atoms with Crippen LogP contribution in [-0.2, 0) is 6.42 Å². The van der Waals surface area contributed by atoms with Crippen LogP contribution in [0.1, 0.15) is 65.1 Å². The van der Waals surface area contributed by atoms with Gasteiger partial charge in [-0.3, -0.25) is 4.68 Å². The summed E-state index contributed by atoms with van der Waals surface area (Å²) in [4.78, 5) is 0. The van der Waals surface area contributed by atoms with Gasteiger partial charge in [0.05, 0.1) is 5.69 Å². The van der Waals surface area contributed by atoms with Gasteiger partial charge in [0.1, 0.15) is 0 Å². The highest BCUT2D eigenvalue weighted by atomic mass is 15.3. The molecule has 1 aromatic heterocycles.